The van der Waals surface area contributed by atoms with E-state index in [1.54, 1.807) is 6.07 Å². The van der Waals surface area contributed by atoms with Crippen molar-refractivity contribution in [2.75, 3.05) is 20.1 Å². The van der Waals surface area contributed by atoms with Gasteiger partial charge in [0.2, 0.25) is 15.9 Å². The molecule has 0 radical (unpaired) electrons. The van der Waals surface area contributed by atoms with Crippen molar-refractivity contribution in [1.82, 2.24) is 9.62 Å². The van der Waals surface area contributed by atoms with Crippen molar-refractivity contribution in [2.24, 2.45) is 11.7 Å². The van der Waals surface area contributed by atoms with Crippen molar-refractivity contribution in [3.63, 3.8) is 0 Å². The van der Waals surface area contributed by atoms with Crippen LogP contribution in [0.5, 0.6) is 0 Å². The van der Waals surface area contributed by atoms with E-state index in [1.807, 2.05) is 0 Å². The lowest BCUT2D eigenvalue weighted by atomic mass is 10.2. The van der Waals surface area contributed by atoms with Gasteiger partial charge in [-0.3, -0.25) is 9.59 Å². The number of sulfonamides is 1. The van der Waals surface area contributed by atoms with Gasteiger partial charge in [-0.2, -0.15) is 0 Å². The van der Waals surface area contributed by atoms with Crippen LogP contribution in [0.25, 0.3) is 0 Å². The van der Waals surface area contributed by atoms with E-state index in [0.717, 1.165) is 12.8 Å². The molecule has 1 aliphatic rings. The summed E-state index contributed by atoms with van der Waals surface area (Å²) < 4.78 is 27.0. The van der Waals surface area contributed by atoms with Gasteiger partial charge in [-0.05, 0) is 37.0 Å². The fourth-order valence-electron chi connectivity index (χ4n) is 2.03. The number of benzene rings is 1. The van der Waals surface area contributed by atoms with Crippen LogP contribution in [0.4, 0.5) is 0 Å². The molecule has 8 heteroatoms. The fourth-order valence-corrected chi connectivity index (χ4v) is 3.19. The maximum atomic E-state index is 12.3. The number of primary amides is 1. The second-order valence-corrected chi connectivity index (χ2v) is 7.53. The van der Waals surface area contributed by atoms with Crippen molar-refractivity contribution < 1.29 is 18.0 Å². The maximum absolute atomic E-state index is 12.3. The Morgan fingerprint density at radius 1 is 1.35 bits per heavy atom. The number of hydrogen-bond acceptors (Lipinski definition) is 4. The van der Waals surface area contributed by atoms with E-state index in [0.29, 0.717) is 12.5 Å². The Morgan fingerprint density at radius 3 is 2.65 bits per heavy atom. The zero-order chi connectivity index (χ0) is 17.0. The summed E-state index contributed by atoms with van der Waals surface area (Å²) in [7, 11) is -2.08. The van der Waals surface area contributed by atoms with Crippen molar-refractivity contribution in [3.05, 3.63) is 29.8 Å². The number of nitrogens with one attached hydrogen (secondary N) is 1. The van der Waals surface area contributed by atoms with Gasteiger partial charge < -0.3 is 10.6 Å². The van der Waals surface area contributed by atoms with Crippen LogP contribution in [0.15, 0.2) is 29.2 Å². The molecule has 0 aliphatic heterocycles. The van der Waals surface area contributed by atoms with E-state index in [9.17, 15) is 18.0 Å². The summed E-state index contributed by atoms with van der Waals surface area (Å²) >= 11 is 0. The Hall–Kier alpha value is -1.93. The molecule has 126 valence electrons. The highest BCUT2D eigenvalue weighted by molar-refractivity contribution is 7.89. The number of rotatable bonds is 8. The van der Waals surface area contributed by atoms with Gasteiger partial charge >= 0.3 is 0 Å². The average Bonchev–Trinajstić information content (AvgIpc) is 3.34. The highest BCUT2D eigenvalue weighted by Crippen LogP contribution is 2.28. The van der Waals surface area contributed by atoms with Crippen LogP contribution >= 0.6 is 0 Å². The van der Waals surface area contributed by atoms with Crippen molar-refractivity contribution in [2.45, 2.75) is 24.2 Å². The zero-order valence-corrected chi connectivity index (χ0v) is 13.8. The quantitative estimate of drug-likeness (QED) is 0.711. The minimum Gasteiger partial charge on any atom is -0.370 e. The Morgan fingerprint density at radius 2 is 2.04 bits per heavy atom. The highest BCUT2D eigenvalue weighted by Gasteiger charge is 2.24. The van der Waals surface area contributed by atoms with Gasteiger partial charge in [-0.1, -0.05) is 6.07 Å². The van der Waals surface area contributed by atoms with Gasteiger partial charge in [0.25, 0.3) is 5.91 Å². The first-order valence-corrected chi connectivity index (χ1v) is 8.91. The van der Waals surface area contributed by atoms with E-state index in [2.05, 4.69) is 4.72 Å². The van der Waals surface area contributed by atoms with Crippen LogP contribution in [-0.4, -0.2) is 45.3 Å². The molecule has 0 aromatic heterocycles. The van der Waals surface area contributed by atoms with Crippen molar-refractivity contribution >= 4 is 21.8 Å². The van der Waals surface area contributed by atoms with Crippen molar-refractivity contribution in [1.29, 1.82) is 0 Å². The van der Waals surface area contributed by atoms with Gasteiger partial charge in [-0.25, -0.2) is 13.1 Å². The Labute approximate surface area is 135 Å². The van der Waals surface area contributed by atoms with Crippen LogP contribution in [0.1, 0.15) is 29.6 Å². The van der Waals surface area contributed by atoms with E-state index in [4.69, 9.17) is 5.73 Å². The molecule has 0 atom stereocenters. The summed E-state index contributed by atoms with van der Waals surface area (Å²) in [5.41, 5.74) is 5.31. The number of nitrogens with two attached hydrogens (primary N) is 1. The van der Waals surface area contributed by atoms with E-state index in [-0.39, 0.29) is 29.3 Å². The molecule has 1 fully saturated rings. The van der Waals surface area contributed by atoms with E-state index < -0.39 is 15.9 Å². The number of nitrogens with zero attached hydrogens (tertiary/aromatic N) is 1. The normalized spacial score (nSPS) is 14.5. The van der Waals surface area contributed by atoms with E-state index in [1.165, 1.54) is 30.1 Å². The third kappa shape index (κ3) is 5.04. The smallest absolute Gasteiger partial charge is 0.253 e. The lowest BCUT2D eigenvalue weighted by Crippen LogP contribution is -2.31. The number of carbonyl (C=O) groups excluding carboxylic acids is 2. The second-order valence-electron chi connectivity index (χ2n) is 5.77. The van der Waals surface area contributed by atoms with Crippen LogP contribution in [0.3, 0.4) is 0 Å². The molecule has 1 aromatic carbocycles. The van der Waals surface area contributed by atoms with Crippen LogP contribution in [0, 0.1) is 5.92 Å². The molecular formula is C15H21N3O4S. The Balaban J connectivity index is 2.08. The molecule has 2 amide bonds. The van der Waals surface area contributed by atoms with Gasteiger partial charge in [0, 0.05) is 32.1 Å². The largest absolute Gasteiger partial charge is 0.370 e. The number of carbonyl (C=O) groups is 2. The van der Waals surface area contributed by atoms with Gasteiger partial charge in [0.15, 0.2) is 0 Å². The van der Waals surface area contributed by atoms with Crippen molar-refractivity contribution in [3.8, 4) is 0 Å². The monoisotopic (exact) mass is 339 g/mol. The predicted molar refractivity (Wildman–Crippen MR) is 85.1 cm³/mol. The van der Waals surface area contributed by atoms with E-state index >= 15 is 0 Å². The predicted octanol–water partition coefficient (Wildman–Crippen LogP) is 0.322. The number of hydrogen-bond donors (Lipinski definition) is 2. The molecule has 0 bridgehead atoms. The average molecular weight is 339 g/mol. The standard InChI is InChI=1S/C15H21N3O4S/c1-18(8-7-14(16)19)15(20)12-3-2-4-13(9-12)23(21,22)17-10-11-5-6-11/h2-4,9,11,17H,5-8,10H2,1H3,(H2,16,19). The molecule has 1 aromatic rings. The minimum atomic E-state index is -3.62. The lowest BCUT2D eigenvalue weighted by Gasteiger charge is -2.16. The summed E-state index contributed by atoms with van der Waals surface area (Å²) in [5.74, 6) is -0.426. The summed E-state index contributed by atoms with van der Waals surface area (Å²) in [5, 5.41) is 0. The molecule has 23 heavy (non-hydrogen) atoms. The molecule has 0 spiro atoms. The molecule has 0 unspecified atom stereocenters. The molecule has 0 heterocycles. The summed E-state index contributed by atoms with van der Waals surface area (Å²) in [6.45, 7) is 0.615. The van der Waals surface area contributed by atoms with Crippen LogP contribution in [0.2, 0.25) is 0 Å². The Bertz CT molecular complexity index is 698. The number of amides is 2. The third-order valence-electron chi connectivity index (χ3n) is 3.69. The molecular weight excluding hydrogens is 318 g/mol. The maximum Gasteiger partial charge on any atom is 0.253 e. The molecule has 1 saturated carbocycles. The Kier molecular flexibility index (Phi) is 5.38. The minimum absolute atomic E-state index is 0.0587. The first-order valence-electron chi connectivity index (χ1n) is 7.43. The second kappa shape index (κ2) is 7.10. The highest BCUT2D eigenvalue weighted by atomic mass is 32.2. The van der Waals surface area contributed by atoms with Gasteiger partial charge in [0.1, 0.15) is 0 Å². The SMILES string of the molecule is CN(CCC(N)=O)C(=O)c1cccc(S(=O)(=O)NCC2CC2)c1. The summed E-state index contributed by atoms with van der Waals surface area (Å²) in [6, 6.07) is 5.87. The topological polar surface area (TPSA) is 110 Å². The van der Waals surface area contributed by atoms with Crippen LogP contribution < -0.4 is 10.5 Å². The van der Waals surface area contributed by atoms with Gasteiger partial charge in [0.05, 0.1) is 4.90 Å². The lowest BCUT2D eigenvalue weighted by molar-refractivity contribution is -0.118. The molecule has 7 nitrogen and oxygen atoms in total. The van der Waals surface area contributed by atoms with Gasteiger partial charge in [-0.15, -0.1) is 0 Å². The molecule has 1 aliphatic carbocycles. The first-order chi connectivity index (χ1) is 10.8. The molecule has 3 N–H and O–H groups in total. The van der Waals surface area contributed by atoms with Crippen LogP contribution in [-0.2, 0) is 14.8 Å². The molecule has 2 rings (SSSR count). The third-order valence-corrected chi connectivity index (χ3v) is 5.11. The summed E-state index contributed by atoms with van der Waals surface area (Å²) in [6.07, 6.45) is 2.15. The summed E-state index contributed by atoms with van der Waals surface area (Å²) in [4.78, 5) is 24.5. The first kappa shape index (κ1) is 17.4. The zero-order valence-electron chi connectivity index (χ0n) is 13.0. The molecule has 0 saturated heterocycles. The fraction of sp³-hybridized carbons (Fsp3) is 0.467.